The molecule has 2 aliphatic rings. The van der Waals surface area contributed by atoms with E-state index in [9.17, 15) is 9.59 Å². The molecule has 29 heavy (non-hydrogen) atoms. The zero-order chi connectivity index (χ0) is 20.2. The molecule has 0 aliphatic carbocycles. The Labute approximate surface area is 170 Å². The third-order valence-electron chi connectivity index (χ3n) is 5.52. The molecule has 0 saturated carbocycles. The molecule has 2 aromatic carbocycles. The fraction of sp³-hybridized carbons (Fsp3) is 0.364. The molecule has 0 bridgehead atoms. The second kappa shape index (κ2) is 8.53. The monoisotopic (exact) mass is 394 g/mol. The molecule has 7 nitrogen and oxygen atoms in total. The minimum absolute atomic E-state index is 0.00581. The van der Waals surface area contributed by atoms with Crippen molar-refractivity contribution in [1.29, 1.82) is 0 Å². The van der Waals surface area contributed by atoms with Gasteiger partial charge in [0, 0.05) is 38.4 Å². The predicted octanol–water partition coefficient (Wildman–Crippen LogP) is 1.94. The number of hydrogen-bond donors (Lipinski definition) is 1. The van der Waals surface area contributed by atoms with E-state index in [4.69, 9.17) is 4.74 Å². The highest BCUT2D eigenvalue weighted by atomic mass is 16.5. The van der Waals surface area contributed by atoms with Gasteiger partial charge < -0.3 is 15.0 Å². The Morgan fingerprint density at radius 2 is 1.72 bits per heavy atom. The highest BCUT2D eigenvalue weighted by molar-refractivity contribution is 6.00. The number of urea groups is 1. The van der Waals surface area contributed by atoms with E-state index >= 15 is 0 Å². The van der Waals surface area contributed by atoms with Crippen molar-refractivity contribution < 1.29 is 14.3 Å². The third-order valence-corrected chi connectivity index (χ3v) is 5.52. The van der Waals surface area contributed by atoms with E-state index in [1.165, 1.54) is 5.56 Å². The van der Waals surface area contributed by atoms with Crippen LogP contribution in [0.25, 0.3) is 0 Å². The van der Waals surface area contributed by atoms with E-state index in [-0.39, 0.29) is 11.9 Å². The standard InChI is InChI=1S/C22H26N4O3/c1-29-19-9-7-18(8-10-19)26-16-20(23-22(26)28)21(27)25-13-11-24(12-14-25)15-17-5-3-2-4-6-17/h2-10,20H,11-16H2,1H3,(H,23,28). The molecule has 4 rings (SSSR count). The van der Waals surface area contributed by atoms with Gasteiger partial charge in [-0.25, -0.2) is 4.79 Å². The number of methoxy groups -OCH3 is 1. The highest BCUT2D eigenvalue weighted by Gasteiger charge is 2.37. The molecule has 0 radical (unpaired) electrons. The van der Waals surface area contributed by atoms with Crippen LogP contribution in [0.4, 0.5) is 10.5 Å². The molecule has 1 N–H and O–H groups in total. The van der Waals surface area contributed by atoms with Crippen molar-refractivity contribution >= 4 is 17.6 Å². The van der Waals surface area contributed by atoms with Gasteiger partial charge in [-0.3, -0.25) is 14.6 Å². The summed E-state index contributed by atoms with van der Waals surface area (Å²) in [4.78, 5) is 31.1. The second-order valence-electron chi connectivity index (χ2n) is 7.40. The SMILES string of the molecule is COc1ccc(N2CC(C(=O)N3CCN(Cc4ccccc4)CC3)NC2=O)cc1. The molecule has 1 unspecified atom stereocenters. The lowest BCUT2D eigenvalue weighted by atomic mass is 10.2. The van der Waals surface area contributed by atoms with E-state index in [1.54, 1.807) is 12.0 Å². The lowest BCUT2D eigenvalue weighted by molar-refractivity contribution is -0.134. The largest absolute Gasteiger partial charge is 0.497 e. The van der Waals surface area contributed by atoms with Crippen LogP contribution in [0.1, 0.15) is 5.56 Å². The van der Waals surface area contributed by atoms with Crippen LogP contribution in [0.2, 0.25) is 0 Å². The predicted molar refractivity (Wildman–Crippen MR) is 111 cm³/mol. The van der Waals surface area contributed by atoms with Crippen LogP contribution in [0, 0.1) is 0 Å². The number of benzene rings is 2. The van der Waals surface area contributed by atoms with Crippen molar-refractivity contribution in [2.75, 3.05) is 44.7 Å². The zero-order valence-electron chi connectivity index (χ0n) is 16.6. The average Bonchev–Trinajstić information content (AvgIpc) is 3.16. The number of rotatable bonds is 5. The number of ether oxygens (including phenoxy) is 1. The van der Waals surface area contributed by atoms with Crippen LogP contribution in [-0.4, -0.2) is 67.6 Å². The van der Waals surface area contributed by atoms with Crippen molar-refractivity contribution in [3.63, 3.8) is 0 Å². The van der Waals surface area contributed by atoms with Crippen LogP contribution in [0.15, 0.2) is 54.6 Å². The van der Waals surface area contributed by atoms with Gasteiger partial charge in [-0.15, -0.1) is 0 Å². The van der Waals surface area contributed by atoms with Crippen molar-refractivity contribution in [2.45, 2.75) is 12.6 Å². The maximum Gasteiger partial charge on any atom is 0.322 e. The first kappa shape index (κ1) is 19.3. The molecule has 0 spiro atoms. The van der Waals surface area contributed by atoms with Crippen molar-refractivity contribution in [2.24, 2.45) is 0 Å². The molecular weight excluding hydrogens is 368 g/mol. The number of nitrogens with one attached hydrogen (secondary N) is 1. The Morgan fingerprint density at radius 1 is 1.03 bits per heavy atom. The highest BCUT2D eigenvalue weighted by Crippen LogP contribution is 2.22. The van der Waals surface area contributed by atoms with Crippen molar-refractivity contribution in [3.8, 4) is 5.75 Å². The number of amides is 3. The van der Waals surface area contributed by atoms with E-state index in [0.29, 0.717) is 19.6 Å². The first-order valence-electron chi connectivity index (χ1n) is 9.91. The number of anilines is 1. The Hall–Kier alpha value is -3.06. The van der Waals surface area contributed by atoms with Gasteiger partial charge in [0.2, 0.25) is 5.91 Å². The fourth-order valence-corrected chi connectivity index (χ4v) is 3.85. The van der Waals surface area contributed by atoms with Crippen LogP contribution in [0.3, 0.4) is 0 Å². The Bertz CT molecular complexity index is 848. The van der Waals surface area contributed by atoms with Gasteiger partial charge in [0.15, 0.2) is 0 Å². The van der Waals surface area contributed by atoms with Crippen molar-refractivity contribution in [3.05, 3.63) is 60.2 Å². The molecular formula is C22H26N4O3. The van der Waals surface area contributed by atoms with Gasteiger partial charge >= 0.3 is 6.03 Å². The van der Waals surface area contributed by atoms with Gasteiger partial charge in [0.25, 0.3) is 0 Å². The van der Waals surface area contributed by atoms with Gasteiger partial charge in [-0.1, -0.05) is 30.3 Å². The van der Waals surface area contributed by atoms with Gasteiger partial charge in [0.1, 0.15) is 11.8 Å². The average molecular weight is 394 g/mol. The topological polar surface area (TPSA) is 65.1 Å². The third kappa shape index (κ3) is 4.35. The van der Waals surface area contributed by atoms with E-state index < -0.39 is 6.04 Å². The molecule has 2 heterocycles. The molecule has 152 valence electrons. The van der Waals surface area contributed by atoms with Gasteiger partial charge in [-0.2, -0.15) is 0 Å². The molecule has 2 aromatic rings. The fourth-order valence-electron chi connectivity index (χ4n) is 3.85. The summed E-state index contributed by atoms with van der Waals surface area (Å²) in [6.45, 7) is 4.27. The maximum absolute atomic E-state index is 12.9. The number of carbonyl (C=O) groups excluding carboxylic acids is 2. The lowest BCUT2D eigenvalue weighted by Gasteiger charge is -2.35. The summed E-state index contributed by atoms with van der Waals surface area (Å²) >= 11 is 0. The summed E-state index contributed by atoms with van der Waals surface area (Å²) < 4.78 is 5.16. The summed E-state index contributed by atoms with van der Waals surface area (Å²) in [5.74, 6) is 0.725. The Morgan fingerprint density at radius 3 is 2.38 bits per heavy atom. The smallest absolute Gasteiger partial charge is 0.322 e. The minimum atomic E-state index is -0.509. The van der Waals surface area contributed by atoms with Crippen LogP contribution < -0.4 is 15.0 Å². The van der Waals surface area contributed by atoms with Crippen LogP contribution in [-0.2, 0) is 11.3 Å². The van der Waals surface area contributed by atoms with Crippen molar-refractivity contribution in [1.82, 2.24) is 15.1 Å². The Balaban J connectivity index is 1.31. The molecule has 2 aliphatic heterocycles. The van der Waals surface area contributed by atoms with Gasteiger partial charge in [-0.05, 0) is 29.8 Å². The quantitative estimate of drug-likeness (QED) is 0.842. The van der Waals surface area contributed by atoms with E-state index in [1.807, 2.05) is 47.4 Å². The summed E-state index contributed by atoms with van der Waals surface area (Å²) in [7, 11) is 1.60. The summed E-state index contributed by atoms with van der Waals surface area (Å²) in [5.41, 5.74) is 2.04. The van der Waals surface area contributed by atoms with E-state index in [0.717, 1.165) is 31.1 Å². The molecule has 1 atom stereocenters. The normalized spacial score (nSPS) is 19.9. The second-order valence-corrected chi connectivity index (χ2v) is 7.40. The Kier molecular flexibility index (Phi) is 5.67. The van der Waals surface area contributed by atoms with Crippen LogP contribution >= 0.6 is 0 Å². The summed E-state index contributed by atoms with van der Waals surface area (Å²) in [5, 5.41) is 2.83. The summed E-state index contributed by atoms with van der Waals surface area (Å²) in [6, 6.07) is 16.9. The molecule has 3 amide bonds. The molecule has 0 aromatic heterocycles. The van der Waals surface area contributed by atoms with Crippen LogP contribution in [0.5, 0.6) is 5.75 Å². The van der Waals surface area contributed by atoms with E-state index in [2.05, 4.69) is 22.3 Å². The minimum Gasteiger partial charge on any atom is -0.497 e. The first-order valence-corrected chi connectivity index (χ1v) is 9.91. The number of hydrogen-bond acceptors (Lipinski definition) is 4. The maximum atomic E-state index is 12.9. The summed E-state index contributed by atoms with van der Waals surface area (Å²) in [6.07, 6.45) is 0. The lowest BCUT2D eigenvalue weighted by Crippen LogP contribution is -2.53. The molecule has 2 fully saturated rings. The molecule has 7 heteroatoms. The number of nitrogens with zero attached hydrogens (tertiary/aromatic N) is 3. The van der Waals surface area contributed by atoms with Gasteiger partial charge in [0.05, 0.1) is 13.7 Å². The first-order chi connectivity index (χ1) is 14.1. The molecule has 2 saturated heterocycles. The number of piperazine rings is 1. The number of carbonyl (C=O) groups is 2. The zero-order valence-corrected chi connectivity index (χ0v) is 16.6.